The highest BCUT2D eigenvalue weighted by Crippen LogP contribution is 2.20. The predicted molar refractivity (Wildman–Crippen MR) is 79.2 cm³/mol. The summed E-state index contributed by atoms with van der Waals surface area (Å²) in [5, 5.41) is 2.09. The lowest BCUT2D eigenvalue weighted by atomic mass is 10.1. The van der Waals surface area contributed by atoms with Crippen LogP contribution in [0.1, 0.15) is 30.0 Å². The normalized spacial score (nSPS) is 14.2. The topological polar surface area (TPSA) is 48.1 Å². The average molecular weight is 276 g/mol. The highest BCUT2D eigenvalue weighted by atomic mass is 32.1. The summed E-state index contributed by atoms with van der Waals surface area (Å²) in [6.07, 6.45) is 3.47. The molecule has 0 fully saturated rings. The molecule has 2 aromatic rings. The maximum Gasteiger partial charge on any atom is 0.114 e. The van der Waals surface area contributed by atoms with Gasteiger partial charge in [-0.3, -0.25) is 4.98 Å². The molecule has 0 aliphatic carbocycles. The predicted octanol–water partition coefficient (Wildman–Crippen LogP) is 3.18. The molecule has 0 spiro atoms. The zero-order chi connectivity index (χ0) is 13.5. The smallest absolute Gasteiger partial charge is 0.114 e. The molecule has 2 atom stereocenters. The number of hydrogen-bond donors (Lipinski definition) is 1. The van der Waals surface area contributed by atoms with Crippen molar-refractivity contribution in [1.82, 2.24) is 4.98 Å². The Balaban J connectivity index is 1.95. The van der Waals surface area contributed by atoms with E-state index in [4.69, 9.17) is 10.5 Å². The number of aromatic nitrogens is 1. The summed E-state index contributed by atoms with van der Waals surface area (Å²) in [6.45, 7) is 2.75. The molecule has 0 aliphatic rings. The van der Waals surface area contributed by atoms with E-state index in [1.165, 1.54) is 4.88 Å². The van der Waals surface area contributed by atoms with E-state index >= 15 is 0 Å². The third-order valence-electron chi connectivity index (χ3n) is 3.07. The van der Waals surface area contributed by atoms with Gasteiger partial charge in [-0.1, -0.05) is 19.1 Å². The minimum atomic E-state index is -0.119. The van der Waals surface area contributed by atoms with Crippen LogP contribution < -0.4 is 5.73 Å². The number of ether oxygens (including phenoxy) is 1. The van der Waals surface area contributed by atoms with Gasteiger partial charge in [0, 0.05) is 23.5 Å². The van der Waals surface area contributed by atoms with Crippen molar-refractivity contribution in [2.75, 3.05) is 6.61 Å². The molecule has 0 aromatic carbocycles. The first-order valence-corrected chi connectivity index (χ1v) is 7.49. The van der Waals surface area contributed by atoms with Gasteiger partial charge in [-0.25, -0.2) is 0 Å². The first kappa shape index (κ1) is 14.2. The van der Waals surface area contributed by atoms with Gasteiger partial charge in [0.1, 0.15) is 6.10 Å². The lowest BCUT2D eigenvalue weighted by molar-refractivity contribution is 0.0328. The maximum atomic E-state index is 6.15. The van der Waals surface area contributed by atoms with E-state index in [1.54, 1.807) is 17.5 Å². The summed E-state index contributed by atoms with van der Waals surface area (Å²) < 4.78 is 5.97. The van der Waals surface area contributed by atoms with Crippen molar-refractivity contribution in [2.45, 2.75) is 31.9 Å². The van der Waals surface area contributed by atoms with Gasteiger partial charge in [-0.2, -0.15) is 0 Å². The van der Waals surface area contributed by atoms with E-state index in [0.717, 1.165) is 18.5 Å². The van der Waals surface area contributed by atoms with Gasteiger partial charge >= 0.3 is 0 Å². The second kappa shape index (κ2) is 7.38. The average Bonchev–Trinajstić information content (AvgIpc) is 2.97. The molecule has 2 heterocycles. The fourth-order valence-electron chi connectivity index (χ4n) is 1.93. The van der Waals surface area contributed by atoms with Crippen LogP contribution in [0, 0.1) is 0 Å². The van der Waals surface area contributed by atoms with Gasteiger partial charge in [0.15, 0.2) is 0 Å². The van der Waals surface area contributed by atoms with Gasteiger partial charge in [0.05, 0.1) is 12.3 Å². The number of pyridine rings is 1. The number of nitrogens with zero attached hydrogens (tertiary/aromatic N) is 1. The van der Waals surface area contributed by atoms with Gasteiger partial charge in [0.2, 0.25) is 0 Å². The molecule has 2 aromatic heterocycles. The maximum absolute atomic E-state index is 6.15. The quantitative estimate of drug-likeness (QED) is 0.845. The van der Waals surface area contributed by atoms with Gasteiger partial charge < -0.3 is 10.5 Å². The van der Waals surface area contributed by atoms with E-state index in [2.05, 4.69) is 29.4 Å². The Hall–Kier alpha value is -1.23. The molecule has 0 saturated carbocycles. The Morgan fingerprint density at radius 3 is 2.84 bits per heavy atom. The Kier molecular flexibility index (Phi) is 5.51. The molecule has 0 amide bonds. The van der Waals surface area contributed by atoms with Crippen LogP contribution in [0.25, 0.3) is 0 Å². The van der Waals surface area contributed by atoms with Crippen LogP contribution in [0.15, 0.2) is 41.9 Å². The van der Waals surface area contributed by atoms with Crippen molar-refractivity contribution in [3.05, 3.63) is 52.5 Å². The van der Waals surface area contributed by atoms with Crippen LogP contribution in [0.5, 0.6) is 0 Å². The van der Waals surface area contributed by atoms with Gasteiger partial charge in [-0.05, 0) is 30.0 Å². The minimum Gasteiger partial charge on any atom is -0.370 e. The van der Waals surface area contributed by atoms with Crippen molar-refractivity contribution >= 4 is 11.3 Å². The number of thiophene rings is 1. The highest BCUT2D eigenvalue weighted by Gasteiger charge is 2.20. The van der Waals surface area contributed by atoms with Gasteiger partial charge in [0.25, 0.3) is 0 Å². The summed E-state index contributed by atoms with van der Waals surface area (Å²) in [5.74, 6) is 0. The Morgan fingerprint density at radius 1 is 1.32 bits per heavy atom. The van der Waals surface area contributed by atoms with E-state index < -0.39 is 0 Å². The first-order chi connectivity index (χ1) is 9.31. The van der Waals surface area contributed by atoms with E-state index in [0.29, 0.717) is 6.61 Å². The molecule has 4 heteroatoms. The van der Waals surface area contributed by atoms with Crippen molar-refractivity contribution in [3.8, 4) is 0 Å². The molecule has 0 saturated heterocycles. The molecule has 0 radical (unpaired) electrons. The second-order valence-corrected chi connectivity index (χ2v) is 5.48. The molecule has 0 bridgehead atoms. The minimum absolute atomic E-state index is 0.0155. The lowest BCUT2D eigenvalue weighted by Crippen LogP contribution is -2.30. The number of rotatable bonds is 7. The fraction of sp³-hybridized carbons (Fsp3) is 0.400. The third-order valence-corrected chi connectivity index (χ3v) is 4.00. The van der Waals surface area contributed by atoms with Crippen molar-refractivity contribution < 1.29 is 4.74 Å². The summed E-state index contributed by atoms with van der Waals surface area (Å²) in [4.78, 5) is 5.70. The Bertz CT molecular complexity index is 458. The van der Waals surface area contributed by atoms with E-state index in [1.807, 2.05) is 18.2 Å². The summed E-state index contributed by atoms with van der Waals surface area (Å²) in [5.41, 5.74) is 7.07. The van der Waals surface area contributed by atoms with Crippen molar-refractivity contribution in [2.24, 2.45) is 5.73 Å². The highest BCUT2D eigenvalue weighted by molar-refractivity contribution is 7.09. The lowest BCUT2D eigenvalue weighted by Gasteiger charge is -2.22. The zero-order valence-electron chi connectivity index (χ0n) is 11.2. The van der Waals surface area contributed by atoms with Crippen LogP contribution in [0.3, 0.4) is 0 Å². The molecule has 2 unspecified atom stereocenters. The molecule has 19 heavy (non-hydrogen) atoms. The summed E-state index contributed by atoms with van der Waals surface area (Å²) in [6, 6.07) is 10.0. The second-order valence-electron chi connectivity index (χ2n) is 4.45. The van der Waals surface area contributed by atoms with Crippen LogP contribution in [-0.4, -0.2) is 17.6 Å². The van der Waals surface area contributed by atoms with Crippen LogP contribution >= 0.6 is 11.3 Å². The molecular weight excluding hydrogens is 256 g/mol. The third kappa shape index (κ3) is 4.13. The molecule has 3 nitrogen and oxygen atoms in total. The number of nitrogens with two attached hydrogens (primary N) is 1. The van der Waals surface area contributed by atoms with Gasteiger partial charge in [-0.15, -0.1) is 11.3 Å². The molecule has 102 valence electrons. The van der Waals surface area contributed by atoms with Crippen molar-refractivity contribution in [3.63, 3.8) is 0 Å². The monoisotopic (exact) mass is 276 g/mol. The summed E-state index contributed by atoms with van der Waals surface area (Å²) in [7, 11) is 0. The van der Waals surface area contributed by atoms with Crippen molar-refractivity contribution in [1.29, 1.82) is 0 Å². The molecule has 0 aliphatic heterocycles. The van der Waals surface area contributed by atoms with Crippen LogP contribution in [0.2, 0.25) is 0 Å². The SMILES string of the molecule is CCC(N)C(OCCc1cccs1)c1ccccn1. The van der Waals surface area contributed by atoms with E-state index in [9.17, 15) is 0 Å². The van der Waals surface area contributed by atoms with Crippen LogP contribution in [0.4, 0.5) is 0 Å². The van der Waals surface area contributed by atoms with E-state index in [-0.39, 0.29) is 12.1 Å². The van der Waals surface area contributed by atoms with Crippen LogP contribution in [-0.2, 0) is 11.2 Å². The Morgan fingerprint density at radius 2 is 2.21 bits per heavy atom. The number of hydrogen-bond acceptors (Lipinski definition) is 4. The molecular formula is C15H20N2OS. The fourth-order valence-corrected chi connectivity index (χ4v) is 2.62. The summed E-state index contributed by atoms with van der Waals surface area (Å²) >= 11 is 1.76. The standard InChI is InChI=1S/C15H20N2OS/c1-2-13(16)15(14-7-3-4-9-17-14)18-10-8-12-6-5-11-19-12/h3-7,9,11,13,15H,2,8,10,16H2,1H3. The molecule has 2 N–H and O–H groups in total. The largest absolute Gasteiger partial charge is 0.370 e. The Labute approximate surface area is 118 Å². The first-order valence-electron chi connectivity index (χ1n) is 6.61. The zero-order valence-corrected chi connectivity index (χ0v) is 12.0. The molecule has 2 rings (SSSR count).